The Hall–Kier alpha value is -3.78. The molecular weight excluding hydrogens is 340 g/mol. The maximum absolute atomic E-state index is 3.66. The molecule has 0 saturated carbocycles. The summed E-state index contributed by atoms with van der Waals surface area (Å²) in [6, 6.07) is 34.3. The van der Waals surface area contributed by atoms with Gasteiger partial charge in [0, 0.05) is 38.5 Å². The van der Waals surface area contributed by atoms with Crippen molar-refractivity contribution < 1.29 is 0 Å². The second-order valence-corrected chi connectivity index (χ2v) is 7.22. The molecule has 0 fully saturated rings. The first-order chi connectivity index (χ1) is 13.9. The zero-order chi connectivity index (χ0) is 18.5. The number of benzene rings is 4. The van der Waals surface area contributed by atoms with Crippen molar-refractivity contribution >= 4 is 32.7 Å². The number of para-hydroxylation sites is 3. The summed E-state index contributed by atoms with van der Waals surface area (Å²) in [7, 11) is 0. The average molecular weight is 358 g/mol. The minimum absolute atomic E-state index is 1.15. The number of fused-ring (bicyclic) bond motifs is 4. The number of aromatic amines is 2. The van der Waals surface area contributed by atoms with Crippen LogP contribution in [0.25, 0.3) is 55.1 Å². The topological polar surface area (TPSA) is 31.6 Å². The van der Waals surface area contributed by atoms with Gasteiger partial charge in [0.05, 0.1) is 11.0 Å². The lowest BCUT2D eigenvalue weighted by molar-refractivity contribution is 1.45. The lowest BCUT2D eigenvalue weighted by Gasteiger charge is -2.06. The molecule has 0 radical (unpaired) electrons. The fraction of sp³-hybridized carbons (Fsp3) is 0. The van der Waals surface area contributed by atoms with Crippen LogP contribution in [0.1, 0.15) is 0 Å². The number of H-pyrrole nitrogens is 2. The van der Waals surface area contributed by atoms with Crippen LogP contribution in [-0.2, 0) is 0 Å². The standard InChI is InChI=1S/C26H18N2/c1-2-8-17(9-3-1)24-16-18-10-6-12-21(25(18)28-24)22-14-7-13-20-19-11-4-5-15-23(19)27-26(20)22/h1-16,27-28H. The molecule has 2 heteroatoms. The van der Waals surface area contributed by atoms with E-state index in [0.29, 0.717) is 0 Å². The molecule has 0 atom stereocenters. The van der Waals surface area contributed by atoms with Crippen molar-refractivity contribution in [3.05, 3.63) is 97.1 Å². The average Bonchev–Trinajstić information content (AvgIpc) is 3.36. The van der Waals surface area contributed by atoms with E-state index in [1.165, 1.54) is 49.4 Å². The minimum Gasteiger partial charge on any atom is -0.354 e. The molecule has 6 rings (SSSR count). The van der Waals surface area contributed by atoms with Crippen LogP contribution in [0.3, 0.4) is 0 Å². The highest BCUT2D eigenvalue weighted by Gasteiger charge is 2.13. The highest BCUT2D eigenvalue weighted by molar-refractivity contribution is 6.13. The van der Waals surface area contributed by atoms with Gasteiger partial charge in [0.15, 0.2) is 0 Å². The van der Waals surface area contributed by atoms with E-state index in [0.717, 1.165) is 5.69 Å². The van der Waals surface area contributed by atoms with E-state index in [1.54, 1.807) is 0 Å². The van der Waals surface area contributed by atoms with E-state index in [4.69, 9.17) is 0 Å². The zero-order valence-electron chi connectivity index (χ0n) is 15.2. The second-order valence-electron chi connectivity index (χ2n) is 7.22. The Morgan fingerprint density at radius 3 is 2.11 bits per heavy atom. The van der Waals surface area contributed by atoms with Crippen LogP contribution in [0.5, 0.6) is 0 Å². The van der Waals surface area contributed by atoms with Gasteiger partial charge in [-0.1, -0.05) is 84.9 Å². The summed E-state index contributed by atoms with van der Waals surface area (Å²) in [5, 5.41) is 3.76. The van der Waals surface area contributed by atoms with Crippen molar-refractivity contribution in [2.75, 3.05) is 0 Å². The van der Waals surface area contributed by atoms with Crippen LogP contribution in [-0.4, -0.2) is 9.97 Å². The Kier molecular flexibility index (Phi) is 3.20. The van der Waals surface area contributed by atoms with Crippen molar-refractivity contribution in [3.8, 4) is 22.4 Å². The fourth-order valence-corrected chi connectivity index (χ4v) is 4.25. The van der Waals surface area contributed by atoms with E-state index in [2.05, 4.69) is 101 Å². The smallest absolute Gasteiger partial charge is 0.0545 e. The minimum atomic E-state index is 1.15. The highest BCUT2D eigenvalue weighted by Crippen LogP contribution is 2.37. The molecular formula is C26H18N2. The largest absolute Gasteiger partial charge is 0.354 e. The summed E-state index contributed by atoms with van der Waals surface area (Å²) in [6.07, 6.45) is 0. The summed E-state index contributed by atoms with van der Waals surface area (Å²) in [5.74, 6) is 0. The van der Waals surface area contributed by atoms with Crippen molar-refractivity contribution in [1.82, 2.24) is 9.97 Å². The number of rotatable bonds is 2. The molecule has 0 bridgehead atoms. The van der Waals surface area contributed by atoms with Crippen molar-refractivity contribution in [2.45, 2.75) is 0 Å². The first-order valence-corrected chi connectivity index (χ1v) is 9.55. The van der Waals surface area contributed by atoms with Gasteiger partial charge in [-0.2, -0.15) is 0 Å². The Morgan fingerprint density at radius 1 is 0.500 bits per heavy atom. The summed E-state index contributed by atoms with van der Waals surface area (Å²) in [4.78, 5) is 7.30. The van der Waals surface area contributed by atoms with Crippen molar-refractivity contribution in [2.24, 2.45) is 0 Å². The zero-order valence-corrected chi connectivity index (χ0v) is 15.2. The van der Waals surface area contributed by atoms with Crippen LogP contribution >= 0.6 is 0 Å². The molecule has 0 aliphatic carbocycles. The molecule has 0 unspecified atom stereocenters. The summed E-state index contributed by atoms with van der Waals surface area (Å²) in [6.45, 7) is 0. The Balaban J connectivity index is 1.64. The van der Waals surface area contributed by atoms with Crippen LogP contribution in [0.4, 0.5) is 0 Å². The summed E-state index contributed by atoms with van der Waals surface area (Å²) in [5.41, 5.74) is 8.33. The molecule has 0 aliphatic rings. The second kappa shape index (κ2) is 5.86. The molecule has 4 aromatic carbocycles. The third-order valence-electron chi connectivity index (χ3n) is 5.57. The highest BCUT2D eigenvalue weighted by atomic mass is 14.7. The maximum atomic E-state index is 3.66. The third kappa shape index (κ3) is 2.21. The molecule has 28 heavy (non-hydrogen) atoms. The molecule has 0 spiro atoms. The van der Waals surface area contributed by atoms with Gasteiger partial charge in [-0.05, 0) is 17.7 Å². The predicted molar refractivity (Wildman–Crippen MR) is 119 cm³/mol. The van der Waals surface area contributed by atoms with Gasteiger partial charge in [0.2, 0.25) is 0 Å². The van der Waals surface area contributed by atoms with Crippen LogP contribution < -0.4 is 0 Å². The van der Waals surface area contributed by atoms with E-state index < -0.39 is 0 Å². The first kappa shape index (κ1) is 15.3. The van der Waals surface area contributed by atoms with Gasteiger partial charge >= 0.3 is 0 Å². The predicted octanol–water partition coefficient (Wildman–Crippen LogP) is 7.14. The molecule has 2 nitrogen and oxygen atoms in total. The maximum Gasteiger partial charge on any atom is 0.0545 e. The lowest BCUT2D eigenvalue weighted by Crippen LogP contribution is -1.83. The van der Waals surface area contributed by atoms with Gasteiger partial charge in [-0.25, -0.2) is 0 Å². The quantitative estimate of drug-likeness (QED) is 0.330. The number of aromatic nitrogens is 2. The molecule has 0 saturated heterocycles. The van der Waals surface area contributed by atoms with Gasteiger partial charge < -0.3 is 9.97 Å². The van der Waals surface area contributed by atoms with Crippen LogP contribution in [0, 0.1) is 0 Å². The molecule has 0 aliphatic heterocycles. The molecule has 2 aromatic heterocycles. The van der Waals surface area contributed by atoms with E-state index >= 15 is 0 Å². The normalized spacial score (nSPS) is 11.6. The molecule has 6 aromatic rings. The van der Waals surface area contributed by atoms with Gasteiger partial charge in [-0.3, -0.25) is 0 Å². The van der Waals surface area contributed by atoms with Gasteiger partial charge in [0.1, 0.15) is 0 Å². The Labute approximate surface area is 162 Å². The van der Waals surface area contributed by atoms with Gasteiger partial charge in [0.25, 0.3) is 0 Å². The first-order valence-electron chi connectivity index (χ1n) is 9.55. The SMILES string of the molecule is c1ccc(-c2cc3cccc(-c4cccc5c4[nH]c4ccccc45)c3[nH]2)cc1. The summed E-state index contributed by atoms with van der Waals surface area (Å²) < 4.78 is 0. The Morgan fingerprint density at radius 2 is 1.21 bits per heavy atom. The van der Waals surface area contributed by atoms with Crippen molar-refractivity contribution in [1.29, 1.82) is 0 Å². The summed E-state index contributed by atoms with van der Waals surface area (Å²) >= 11 is 0. The lowest BCUT2D eigenvalue weighted by atomic mass is 10.00. The van der Waals surface area contributed by atoms with Gasteiger partial charge in [-0.15, -0.1) is 0 Å². The fourth-order valence-electron chi connectivity index (χ4n) is 4.25. The van der Waals surface area contributed by atoms with E-state index in [9.17, 15) is 0 Å². The molecule has 2 heterocycles. The monoisotopic (exact) mass is 358 g/mol. The molecule has 0 amide bonds. The molecule has 132 valence electrons. The van der Waals surface area contributed by atoms with Crippen LogP contribution in [0.15, 0.2) is 97.1 Å². The number of hydrogen-bond acceptors (Lipinski definition) is 0. The molecule has 2 N–H and O–H groups in total. The number of nitrogens with one attached hydrogen (secondary N) is 2. The number of hydrogen-bond donors (Lipinski definition) is 2. The van der Waals surface area contributed by atoms with Crippen molar-refractivity contribution in [3.63, 3.8) is 0 Å². The Bertz CT molecular complexity index is 1450. The third-order valence-corrected chi connectivity index (χ3v) is 5.57. The van der Waals surface area contributed by atoms with E-state index in [-0.39, 0.29) is 0 Å². The van der Waals surface area contributed by atoms with E-state index in [1.807, 2.05) is 6.07 Å². The van der Waals surface area contributed by atoms with Crippen LogP contribution in [0.2, 0.25) is 0 Å².